The fraction of sp³-hybridized carbons (Fsp3) is 0. The minimum atomic E-state index is -0.430. The van der Waals surface area contributed by atoms with Crippen LogP contribution in [0.4, 0.5) is 0 Å². The van der Waals surface area contributed by atoms with Crippen molar-refractivity contribution in [3.05, 3.63) is 182 Å². The normalized spacial score (nSPS) is 13.2. The SMILES string of the molecule is [2H]c1c([2H])c([2H])c(-c2ccc(-c3c4ccccc4c(-c4ccc(-c5ccc6ccccc6c5)cc4)c4c3oc3ccccc34)c3oc4ccccc4c23)c([2H])c1[2H]. The Balaban J connectivity index is 1.21. The summed E-state index contributed by atoms with van der Waals surface area (Å²) in [6.45, 7) is 0. The van der Waals surface area contributed by atoms with Crippen LogP contribution in [-0.4, -0.2) is 0 Å². The molecule has 0 unspecified atom stereocenters. The van der Waals surface area contributed by atoms with Crippen LogP contribution in [0.25, 0.3) is 110 Å². The smallest absolute Gasteiger partial charge is 0.144 e. The minimum absolute atomic E-state index is 0.130. The van der Waals surface area contributed by atoms with Crippen LogP contribution in [0.3, 0.4) is 0 Å². The van der Waals surface area contributed by atoms with Crippen LogP contribution in [0, 0.1) is 0 Å². The van der Waals surface area contributed by atoms with Crippen molar-refractivity contribution < 1.29 is 15.7 Å². The molecule has 2 nitrogen and oxygen atoms in total. The van der Waals surface area contributed by atoms with E-state index in [0.717, 1.165) is 65.9 Å². The molecule has 0 aliphatic carbocycles. The van der Waals surface area contributed by atoms with Gasteiger partial charge in [-0.25, -0.2) is 0 Å². The van der Waals surface area contributed by atoms with Gasteiger partial charge in [0, 0.05) is 38.2 Å². The fourth-order valence-corrected chi connectivity index (χ4v) is 8.03. The molecule has 242 valence electrons. The van der Waals surface area contributed by atoms with Crippen LogP contribution in [0.5, 0.6) is 0 Å². The van der Waals surface area contributed by atoms with E-state index in [-0.39, 0.29) is 29.7 Å². The number of furan rings is 2. The van der Waals surface area contributed by atoms with E-state index in [4.69, 9.17) is 15.7 Å². The highest BCUT2D eigenvalue weighted by atomic mass is 16.3. The highest BCUT2D eigenvalue weighted by Gasteiger charge is 2.25. The summed E-state index contributed by atoms with van der Waals surface area (Å²) in [5, 5.41) is 7.85. The molecule has 0 saturated heterocycles. The molecule has 2 aromatic heterocycles. The zero-order chi connectivity index (χ0) is 38.5. The molecule has 52 heavy (non-hydrogen) atoms. The lowest BCUT2D eigenvalue weighted by atomic mass is 9.86. The molecule has 0 amide bonds. The standard InChI is InChI=1S/C50H30O2/c1-2-13-33(14-3-1)37-28-29-42(49-46(37)40-18-8-10-20-43(40)51-49)47-39-17-7-6-16-38(39)45(48-41-19-9-11-21-44(41)52-50(47)48)34-25-22-32(23-26-34)36-27-24-31-12-4-5-15-35(31)30-36/h1-30H/i1D,2D,3D,13D,14D. The predicted octanol–water partition coefficient (Wildman–Crippen LogP) is 14.5. The van der Waals surface area contributed by atoms with Crippen LogP contribution in [0.15, 0.2) is 191 Å². The van der Waals surface area contributed by atoms with Crippen molar-refractivity contribution in [1.82, 2.24) is 0 Å². The first-order chi connectivity index (χ1) is 27.9. The summed E-state index contributed by atoms with van der Waals surface area (Å²) < 4.78 is 56.6. The third-order valence-electron chi connectivity index (χ3n) is 10.4. The first kappa shape index (κ1) is 24.3. The van der Waals surface area contributed by atoms with E-state index in [0.29, 0.717) is 27.7 Å². The number of benzene rings is 9. The molecular formula is C50H30O2. The lowest BCUT2D eigenvalue weighted by Crippen LogP contribution is -1.90. The van der Waals surface area contributed by atoms with Gasteiger partial charge in [-0.1, -0.05) is 158 Å². The molecule has 0 N–H and O–H groups in total. The Labute approximate surface area is 306 Å². The molecule has 2 heterocycles. The Morgan fingerprint density at radius 1 is 0.365 bits per heavy atom. The minimum Gasteiger partial charge on any atom is -0.455 e. The maximum absolute atomic E-state index is 8.89. The molecule has 2 heteroatoms. The molecule has 0 bridgehead atoms. The second kappa shape index (κ2) is 11.3. The number of rotatable bonds is 4. The molecule has 0 saturated carbocycles. The molecule has 11 aromatic rings. The van der Waals surface area contributed by atoms with Crippen LogP contribution in [0.1, 0.15) is 6.85 Å². The summed E-state index contributed by atoms with van der Waals surface area (Å²) in [4.78, 5) is 0. The molecular weight excluding hydrogens is 633 g/mol. The van der Waals surface area contributed by atoms with Crippen LogP contribution < -0.4 is 0 Å². The Morgan fingerprint density at radius 3 is 1.67 bits per heavy atom. The highest BCUT2D eigenvalue weighted by Crippen LogP contribution is 2.50. The van der Waals surface area contributed by atoms with Gasteiger partial charge in [-0.05, 0) is 73.6 Å². The molecule has 0 atom stereocenters. The second-order valence-corrected chi connectivity index (χ2v) is 13.2. The zero-order valence-electron chi connectivity index (χ0n) is 32.8. The van der Waals surface area contributed by atoms with E-state index in [9.17, 15) is 0 Å². The lowest BCUT2D eigenvalue weighted by molar-refractivity contribution is 0.665. The Kier molecular flexibility index (Phi) is 5.28. The van der Waals surface area contributed by atoms with Crippen molar-refractivity contribution in [2.75, 3.05) is 0 Å². The first-order valence-corrected chi connectivity index (χ1v) is 17.3. The predicted molar refractivity (Wildman–Crippen MR) is 218 cm³/mol. The highest BCUT2D eigenvalue weighted by molar-refractivity contribution is 6.29. The maximum Gasteiger partial charge on any atom is 0.144 e. The van der Waals surface area contributed by atoms with Crippen molar-refractivity contribution in [2.24, 2.45) is 0 Å². The van der Waals surface area contributed by atoms with Crippen molar-refractivity contribution in [3.63, 3.8) is 0 Å². The third-order valence-corrected chi connectivity index (χ3v) is 10.4. The van der Waals surface area contributed by atoms with Crippen molar-refractivity contribution in [3.8, 4) is 44.5 Å². The van der Waals surface area contributed by atoms with Gasteiger partial charge in [0.05, 0.1) is 6.85 Å². The van der Waals surface area contributed by atoms with Gasteiger partial charge in [0.15, 0.2) is 0 Å². The monoisotopic (exact) mass is 667 g/mol. The summed E-state index contributed by atoms with van der Waals surface area (Å²) in [6.07, 6.45) is 0. The largest absolute Gasteiger partial charge is 0.455 e. The Hall–Kier alpha value is -6.90. The zero-order valence-corrected chi connectivity index (χ0v) is 27.8. The average molecular weight is 668 g/mol. The maximum atomic E-state index is 8.89. The summed E-state index contributed by atoms with van der Waals surface area (Å²) in [5.74, 6) is 0. The van der Waals surface area contributed by atoms with Crippen LogP contribution >= 0.6 is 0 Å². The van der Waals surface area contributed by atoms with Gasteiger partial charge in [0.2, 0.25) is 0 Å². The molecule has 0 radical (unpaired) electrons. The molecule has 11 rings (SSSR count). The molecule has 0 fully saturated rings. The van der Waals surface area contributed by atoms with Crippen molar-refractivity contribution >= 4 is 65.4 Å². The quantitative estimate of drug-likeness (QED) is 0.187. The first-order valence-electron chi connectivity index (χ1n) is 19.8. The third kappa shape index (κ3) is 4.31. The van der Waals surface area contributed by atoms with Crippen molar-refractivity contribution in [1.29, 1.82) is 0 Å². The molecule has 0 spiro atoms. The summed E-state index contributed by atoms with van der Waals surface area (Å²) in [6, 6.07) is 49.9. The Bertz CT molecular complexity index is 3440. The lowest BCUT2D eigenvalue weighted by Gasteiger charge is -2.16. The van der Waals surface area contributed by atoms with E-state index < -0.39 is 6.04 Å². The van der Waals surface area contributed by atoms with Gasteiger partial charge in [-0.3, -0.25) is 0 Å². The average Bonchev–Trinajstić information content (AvgIpc) is 3.84. The van der Waals surface area contributed by atoms with E-state index in [1.165, 1.54) is 10.8 Å². The van der Waals surface area contributed by atoms with E-state index in [1.54, 1.807) is 0 Å². The summed E-state index contributed by atoms with van der Waals surface area (Å²) >= 11 is 0. The molecule has 9 aromatic carbocycles. The van der Waals surface area contributed by atoms with Gasteiger partial charge in [-0.2, -0.15) is 0 Å². The van der Waals surface area contributed by atoms with Crippen LogP contribution in [0.2, 0.25) is 0 Å². The second-order valence-electron chi connectivity index (χ2n) is 13.2. The topological polar surface area (TPSA) is 26.3 Å². The van der Waals surface area contributed by atoms with Gasteiger partial charge >= 0.3 is 0 Å². The van der Waals surface area contributed by atoms with Gasteiger partial charge in [0.25, 0.3) is 0 Å². The van der Waals surface area contributed by atoms with E-state index in [1.807, 2.05) is 60.7 Å². The molecule has 0 aliphatic heterocycles. The van der Waals surface area contributed by atoms with E-state index in [2.05, 4.69) is 91.0 Å². The number of para-hydroxylation sites is 2. The summed E-state index contributed by atoms with van der Waals surface area (Å²) in [5.41, 5.74) is 9.30. The Morgan fingerprint density at radius 2 is 0.923 bits per heavy atom. The molecule has 0 aliphatic rings. The number of hydrogen-bond donors (Lipinski definition) is 0. The van der Waals surface area contributed by atoms with Crippen molar-refractivity contribution in [2.45, 2.75) is 0 Å². The number of hydrogen-bond acceptors (Lipinski definition) is 2. The fourth-order valence-electron chi connectivity index (χ4n) is 8.03. The van der Waals surface area contributed by atoms with Gasteiger partial charge in [-0.15, -0.1) is 0 Å². The number of fused-ring (bicyclic) bond motifs is 8. The van der Waals surface area contributed by atoms with Gasteiger partial charge < -0.3 is 8.83 Å². The van der Waals surface area contributed by atoms with Crippen LogP contribution in [-0.2, 0) is 0 Å². The van der Waals surface area contributed by atoms with Gasteiger partial charge in [0.1, 0.15) is 22.3 Å². The van der Waals surface area contributed by atoms with E-state index >= 15 is 0 Å². The summed E-state index contributed by atoms with van der Waals surface area (Å²) in [7, 11) is 0.